The normalized spacial score (nSPS) is 22.2. The maximum atomic E-state index is 14.7. The van der Waals surface area contributed by atoms with Gasteiger partial charge in [0.05, 0.1) is 51.8 Å². The van der Waals surface area contributed by atoms with Crippen LogP contribution in [0.4, 0.5) is 0 Å². The predicted molar refractivity (Wildman–Crippen MR) is 326 cm³/mol. The summed E-state index contributed by atoms with van der Waals surface area (Å²) in [5.74, 6) is -0.612. The Kier molecular flexibility index (Phi) is 21.1. The van der Waals surface area contributed by atoms with Crippen LogP contribution in [0, 0.1) is 0 Å². The molecule has 11 rings (SSSR count). The van der Waals surface area contributed by atoms with Crippen LogP contribution in [0.3, 0.4) is 0 Å². The van der Waals surface area contributed by atoms with Crippen LogP contribution >= 0.6 is 0 Å². The van der Waals surface area contributed by atoms with Crippen molar-refractivity contribution in [3.63, 3.8) is 0 Å². The number of carbonyl (C=O) groups is 1. The van der Waals surface area contributed by atoms with Gasteiger partial charge in [0.2, 0.25) is 0 Å². The molecule has 0 saturated carbocycles. The lowest BCUT2D eigenvalue weighted by Gasteiger charge is -2.48. The molecule has 2 aliphatic heterocycles. The molecule has 0 unspecified atom stereocenters. The van der Waals surface area contributed by atoms with Crippen molar-refractivity contribution in [2.45, 2.75) is 100 Å². The number of benzene rings is 9. The molecule has 440 valence electrons. The molecular weight excluding hydrogens is 1080 g/mol. The van der Waals surface area contributed by atoms with E-state index in [-0.39, 0.29) is 46.2 Å². The zero-order valence-electron chi connectivity index (χ0n) is 48.1. The van der Waals surface area contributed by atoms with Gasteiger partial charge in [-0.2, -0.15) is 0 Å². The highest BCUT2D eigenvalue weighted by molar-refractivity contribution is 5.89. The average molecular weight is 1150 g/mol. The molecule has 0 aromatic heterocycles. The maximum absolute atomic E-state index is 14.7. The number of methoxy groups -OCH3 is 1. The van der Waals surface area contributed by atoms with Crippen LogP contribution < -0.4 is 0 Å². The monoisotopic (exact) mass is 1150 g/mol. The van der Waals surface area contributed by atoms with E-state index in [0.717, 1.165) is 44.5 Å². The summed E-state index contributed by atoms with van der Waals surface area (Å²) in [4.78, 5) is 14.7. The molecule has 86 heavy (non-hydrogen) atoms. The fourth-order valence-electron chi connectivity index (χ4n) is 11.2. The molecule has 0 amide bonds. The van der Waals surface area contributed by atoms with Crippen molar-refractivity contribution >= 4 is 5.97 Å². The number of ether oxygens (including phenoxy) is 11. The molecular formula is C74H72O12. The van der Waals surface area contributed by atoms with Crippen LogP contribution in [-0.2, 0) is 90.7 Å². The first-order chi connectivity index (χ1) is 42.5. The molecule has 2 heterocycles. The standard InChI is InChI=1S/C74H72O12/c1-76-72-69(81-51-58-37-19-6-20-38-58)67(79-49-56-33-15-4-16-34-56)65(77-47-54-29-11-2-12-30-54)63(84-72)52-82-73-70(86-71(75)59-39-21-7-22-40-59)68(80-50-57-35-17-5-18-36-57)66(78-48-55-31-13-3-14-32-55)64(85-73)53-83-74(60-41-23-8-24-42-60,61-43-25-9-26-44-61)62-45-27-10-28-46-62/h2-46,63-70,72-73H,47-53H2,1H3/t63-,64-,65-,66-,67+,68+,69-,70+,72+,73+/m1/s1. The molecule has 12 heteroatoms. The van der Waals surface area contributed by atoms with Crippen molar-refractivity contribution in [2.24, 2.45) is 0 Å². The Morgan fingerprint density at radius 1 is 0.337 bits per heavy atom. The SMILES string of the molecule is CO[C@H]1O[C@H](CO[C@H]2O[C@H](COC(c3ccccc3)(c3ccccc3)c3ccccc3)[C@@H](OCc3ccccc3)[C@H](OCc3ccccc3)[C@@H]2OC(=O)c2ccccc2)[C@@H](OCc2ccccc2)[C@H](OCc2ccccc2)[C@H]1OCc1ccccc1. The van der Waals surface area contributed by atoms with Crippen LogP contribution in [0.25, 0.3) is 0 Å². The molecule has 0 aliphatic carbocycles. The van der Waals surface area contributed by atoms with Crippen LogP contribution in [0.2, 0.25) is 0 Å². The van der Waals surface area contributed by atoms with E-state index < -0.39 is 73.0 Å². The van der Waals surface area contributed by atoms with Gasteiger partial charge in [0.25, 0.3) is 0 Å². The molecule has 9 aromatic rings. The fraction of sp³-hybridized carbons (Fsp3) is 0.257. The van der Waals surface area contributed by atoms with Crippen molar-refractivity contribution in [1.29, 1.82) is 0 Å². The Balaban J connectivity index is 1.00. The first-order valence-electron chi connectivity index (χ1n) is 29.3. The first-order valence-corrected chi connectivity index (χ1v) is 29.3. The molecule has 9 aromatic carbocycles. The van der Waals surface area contributed by atoms with E-state index in [4.69, 9.17) is 52.1 Å². The van der Waals surface area contributed by atoms with Gasteiger partial charge in [-0.25, -0.2) is 4.79 Å². The van der Waals surface area contributed by atoms with Crippen molar-refractivity contribution in [3.05, 3.63) is 323 Å². The third-order valence-corrected chi connectivity index (χ3v) is 15.5. The topological polar surface area (TPSA) is 119 Å². The fourth-order valence-corrected chi connectivity index (χ4v) is 11.2. The minimum absolute atomic E-state index is 0.0626. The van der Waals surface area contributed by atoms with Crippen LogP contribution in [0.15, 0.2) is 273 Å². The van der Waals surface area contributed by atoms with Gasteiger partial charge >= 0.3 is 5.97 Å². The molecule has 0 radical (unpaired) electrons. The van der Waals surface area contributed by atoms with E-state index in [2.05, 4.69) is 36.4 Å². The van der Waals surface area contributed by atoms with E-state index in [1.54, 1.807) is 31.4 Å². The Labute approximate surface area is 504 Å². The lowest BCUT2D eigenvalue weighted by Crippen LogP contribution is -2.64. The summed E-state index contributed by atoms with van der Waals surface area (Å²) >= 11 is 0. The minimum atomic E-state index is -1.33. The summed E-state index contributed by atoms with van der Waals surface area (Å²) in [5, 5.41) is 0. The molecule has 0 spiro atoms. The van der Waals surface area contributed by atoms with Crippen molar-refractivity contribution < 1.29 is 56.9 Å². The van der Waals surface area contributed by atoms with Gasteiger partial charge in [-0.05, 0) is 56.6 Å². The molecule has 2 saturated heterocycles. The Morgan fingerprint density at radius 2 is 0.640 bits per heavy atom. The largest absolute Gasteiger partial charge is 0.450 e. The smallest absolute Gasteiger partial charge is 0.338 e. The molecule has 0 bridgehead atoms. The summed E-state index contributed by atoms with van der Waals surface area (Å²) in [7, 11) is 1.58. The lowest BCUT2D eigenvalue weighted by molar-refractivity contribution is -0.347. The van der Waals surface area contributed by atoms with Gasteiger partial charge in [0, 0.05) is 7.11 Å². The molecule has 0 N–H and O–H groups in total. The summed E-state index contributed by atoms with van der Waals surface area (Å²) < 4.78 is 77.1. The zero-order chi connectivity index (χ0) is 58.6. The predicted octanol–water partition coefficient (Wildman–Crippen LogP) is 13.3. The second-order valence-corrected chi connectivity index (χ2v) is 21.3. The minimum Gasteiger partial charge on any atom is -0.450 e. The van der Waals surface area contributed by atoms with Gasteiger partial charge in [-0.15, -0.1) is 0 Å². The van der Waals surface area contributed by atoms with Crippen molar-refractivity contribution in [1.82, 2.24) is 0 Å². The van der Waals surface area contributed by atoms with Crippen molar-refractivity contribution in [2.75, 3.05) is 20.3 Å². The Hall–Kier alpha value is -7.95. The number of carbonyl (C=O) groups excluding carboxylic acids is 1. The zero-order valence-corrected chi connectivity index (χ0v) is 48.1. The maximum Gasteiger partial charge on any atom is 0.338 e. The van der Waals surface area contributed by atoms with Gasteiger partial charge in [-0.1, -0.05) is 261 Å². The van der Waals surface area contributed by atoms with E-state index in [9.17, 15) is 4.79 Å². The van der Waals surface area contributed by atoms with E-state index >= 15 is 0 Å². The van der Waals surface area contributed by atoms with Crippen LogP contribution in [0.5, 0.6) is 0 Å². The van der Waals surface area contributed by atoms with Crippen molar-refractivity contribution in [3.8, 4) is 0 Å². The quantitative estimate of drug-likeness (QED) is 0.0360. The molecule has 2 aliphatic rings. The third kappa shape index (κ3) is 15.2. The Bertz CT molecular complexity index is 3280. The van der Waals surface area contributed by atoms with Gasteiger partial charge < -0.3 is 52.1 Å². The highest BCUT2D eigenvalue weighted by Gasteiger charge is 2.54. The summed E-state index contributed by atoms with van der Waals surface area (Å²) in [6, 6.07) is 88.9. The van der Waals surface area contributed by atoms with Gasteiger partial charge in [-0.3, -0.25) is 0 Å². The van der Waals surface area contributed by atoms with Crippen LogP contribution in [-0.4, -0.2) is 87.7 Å². The number of hydrogen-bond acceptors (Lipinski definition) is 12. The van der Waals surface area contributed by atoms with E-state index in [0.29, 0.717) is 5.56 Å². The highest BCUT2D eigenvalue weighted by atomic mass is 16.8. The number of rotatable bonds is 27. The highest BCUT2D eigenvalue weighted by Crippen LogP contribution is 2.42. The van der Waals surface area contributed by atoms with Crippen LogP contribution in [0.1, 0.15) is 54.9 Å². The number of hydrogen-bond donors (Lipinski definition) is 0. The number of esters is 1. The average Bonchev–Trinajstić information content (AvgIpc) is 2.82. The molecule has 2 fully saturated rings. The summed E-state index contributed by atoms with van der Waals surface area (Å²) in [6.45, 7) is 0.743. The Morgan fingerprint density at radius 3 is 1.01 bits per heavy atom. The summed E-state index contributed by atoms with van der Waals surface area (Å²) in [6.07, 6.45) is -9.68. The molecule has 12 nitrogen and oxygen atoms in total. The second-order valence-electron chi connectivity index (χ2n) is 21.3. The summed E-state index contributed by atoms with van der Waals surface area (Å²) in [5.41, 5.74) is 6.51. The lowest BCUT2D eigenvalue weighted by atomic mass is 9.80. The first kappa shape index (κ1) is 59.8. The van der Waals surface area contributed by atoms with Gasteiger partial charge in [0.15, 0.2) is 18.7 Å². The van der Waals surface area contributed by atoms with Gasteiger partial charge in [0.1, 0.15) is 48.3 Å². The van der Waals surface area contributed by atoms with E-state index in [1.165, 1.54) is 0 Å². The third-order valence-electron chi connectivity index (χ3n) is 15.5. The van der Waals surface area contributed by atoms with E-state index in [1.807, 2.05) is 212 Å². The molecule has 10 atom stereocenters. The second kappa shape index (κ2) is 30.4.